The van der Waals surface area contributed by atoms with Crippen molar-refractivity contribution >= 4 is 11.7 Å². The number of anilines is 1. The van der Waals surface area contributed by atoms with Gasteiger partial charge in [-0.2, -0.15) is 0 Å². The minimum atomic E-state index is 0.158. The second kappa shape index (κ2) is 7.20. The van der Waals surface area contributed by atoms with Crippen molar-refractivity contribution in [3.8, 4) is 5.75 Å². The summed E-state index contributed by atoms with van der Waals surface area (Å²) in [5.41, 5.74) is 1.16. The van der Waals surface area contributed by atoms with Crippen LogP contribution in [0.2, 0.25) is 0 Å². The van der Waals surface area contributed by atoms with Gasteiger partial charge in [0.05, 0.1) is 7.11 Å². The number of carbonyl (C=O) groups excluding carboxylic acids is 1. The summed E-state index contributed by atoms with van der Waals surface area (Å²) < 4.78 is 5.27. The molecule has 1 aliphatic rings. The van der Waals surface area contributed by atoms with E-state index in [0.717, 1.165) is 50.7 Å². The normalized spacial score (nSPS) is 15.0. The van der Waals surface area contributed by atoms with E-state index in [9.17, 15) is 4.79 Å². The average Bonchev–Trinajstić information content (AvgIpc) is 2.56. The number of methoxy groups -OCH3 is 1. The van der Waals surface area contributed by atoms with Gasteiger partial charge in [0, 0.05) is 51.0 Å². The van der Waals surface area contributed by atoms with Gasteiger partial charge in [-0.15, -0.1) is 0 Å². The molecule has 116 valence electrons. The Hall–Kier alpha value is -1.91. The molecule has 1 aromatic rings. The van der Waals surface area contributed by atoms with Crippen LogP contribution in [0.1, 0.15) is 13.8 Å². The number of amides is 2. The van der Waals surface area contributed by atoms with Crippen LogP contribution < -0.4 is 9.64 Å². The minimum absolute atomic E-state index is 0.158. The largest absolute Gasteiger partial charge is 0.497 e. The second-order valence-electron chi connectivity index (χ2n) is 5.13. The summed E-state index contributed by atoms with van der Waals surface area (Å²) in [5, 5.41) is 0. The van der Waals surface area contributed by atoms with E-state index < -0.39 is 0 Å². The number of rotatable bonds is 4. The molecule has 1 heterocycles. The Balaban J connectivity index is 1.95. The third kappa shape index (κ3) is 3.60. The molecule has 1 saturated heterocycles. The van der Waals surface area contributed by atoms with Gasteiger partial charge < -0.3 is 19.4 Å². The van der Waals surface area contributed by atoms with E-state index in [1.807, 2.05) is 41.8 Å². The molecular weight excluding hydrogens is 266 g/mol. The zero-order valence-corrected chi connectivity index (χ0v) is 13.2. The molecule has 0 atom stereocenters. The number of ether oxygens (including phenoxy) is 1. The Kier molecular flexibility index (Phi) is 5.31. The number of nitrogens with zero attached hydrogens (tertiary/aromatic N) is 3. The van der Waals surface area contributed by atoms with Gasteiger partial charge in [-0.05, 0) is 26.0 Å². The first-order chi connectivity index (χ1) is 10.2. The predicted molar refractivity (Wildman–Crippen MR) is 85.1 cm³/mol. The van der Waals surface area contributed by atoms with Crippen LogP contribution in [-0.4, -0.2) is 62.2 Å². The van der Waals surface area contributed by atoms with Crippen LogP contribution in [0.3, 0.4) is 0 Å². The molecule has 21 heavy (non-hydrogen) atoms. The van der Waals surface area contributed by atoms with Crippen LogP contribution in [-0.2, 0) is 0 Å². The Labute approximate surface area is 127 Å². The molecule has 0 saturated carbocycles. The zero-order chi connectivity index (χ0) is 15.2. The summed E-state index contributed by atoms with van der Waals surface area (Å²) in [6.45, 7) is 8.85. The lowest BCUT2D eigenvalue weighted by molar-refractivity contribution is 0.154. The Bertz CT molecular complexity index is 466. The highest BCUT2D eigenvalue weighted by Crippen LogP contribution is 2.22. The summed E-state index contributed by atoms with van der Waals surface area (Å²) in [6.07, 6.45) is 0. The third-order valence-corrected chi connectivity index (χ3v) is 4.00. The van der Waals surface area contributed by atoms with Crippen LogP contribution in [0.4, 0.5) is 10.5 Å². The smallest absolute Gasteiger partial charge is 0.320 e. The van der Waals surface area contributed by atoms with Gasteiger partial charge in [-0.1, -0.05) is 6.07 Å². The molecule has 1 aromatic carbocycles. The molecule has 1 fully saturated rings. The highest BCUT2D eigenvalue weighted by atomic mass is 16.5. The molecule has 0 aliphatic carbocycles. The van der Waals surface area contributed by atoms with Crippen LogP contribution in [0.15, 0.2) is 24.3 Å². The quantitative estimate of drug-likeness (QED) is 0.854. The predicted octanol–water partition coefficient (Wildman–Crippen LogP) is 2.28. The highest BCUT2D eigenvalue weighted by Gasteiger charge is 2.24. The molecular formula is C16H25N3O2. The number of hydrogen-bond acceptors (Lipinski definition) is 3. The zero-order valence-electron chi connectivity index (χ0n) is 13.2. The second-order valence-corrected chi connectivity index (χ2v) is 5.13. The summed E-state index contributed by atoms with van der Waals surface area (Å²) >= 11 is 0. The molecule has 2 rings (SSSR count). The molecule has 0 unspecified atom stereocenters. The lowest BCUT2D eigenvalue weighted by atomic mass is 10.2. The Morgan fingerprint density at radius 2 is 1.86 bits per heavy atom. The van der Waals surface area contributed by atoms with Crippen LogP contribution in [0.5, 0.6) is 5.75 Å². The number of hydrogen-bond donors (Lipinski definition) is 0. The molecule has 0 bridgehead atoms. The van der Waals surface area contributed by atoms with Gasteiger partial charge in [0.25, 0.3) is 0 Å². The van der Waals surface area contributed by atoms with Crippen LogP contribution in [0.25, 0.3) is 0 Å². The van der Waals surface area contributed by atoms with Crippen LogP contribution >= 0.6 is 0 Å². The van der Waals surface area contributed by atoms with Crippen molar-refractivity contribution in [1.82, 2.24) is 9.80 Å². The van der Waals surface area contributed by atoms with Gasteiger partial charge >= 0.3 is 6.03 Å². The first-order valence-corrected chi connectivity index (χ1v) is 7.62. The summed E-state index contributed by atoms with van der Waals surface area (Å²) in [7, 11) is 1.68. The maximum Gasteiger partial charge on any atom is 0.320 e. The first kappa shape index (κ1) is 15.5. The maximum absolute atomic E-state index is 12.3. The number of urea groups is 1. The molecule has 0 aromatic heterocycles. The standard InChI is InChI=1S/C16H25N3O2/c1-4-17(5-2)16(20)19-11-9-18(10-12-19)14-7-6-8-15(13-14)21-3/h6-8,13H,4-5,9-12H2,1-3H3. The topological polar surface area (TPSA) is 36.0 Å². The number of piperazine rings is 1. The lowest BCUT2D eigenvalue weighted by Crippen LogP contribution is -2.52. The van der Waals surface area contributed by atoms with E-state index >= 15 is 0 Å². The molecule has 0 spiro atoms. The molecule has 0 radical (unpaired) electrons. The fourth-order valence-corrected chi connectivity index (χ4v) is 2.66. The molecule has 5 heteroatoms. The van der Waals surface area contributed by atoms with Crippen molar-refractivity contribution in [2.24, 2.45) is 0 Å². The van der Waals surface area contributed by atoms with Crippen LogP contribution in [0, 0.1) is 0 Å². The van der Waals surface area contributed by atoms with E-state index in [1.165, 1.54) is 0 Å². The third-order valence-electron chi connectivity index (χ3n) is 4.00. The highest BCUT2D eigenvalue weighted by molar-refractivity contribution is 5.74. The van der Waals surface area contributed by atoms with Gasteiger partial charge in [-0.25, -0.2) is 4.79 Å². The van der Waals surface area contributed by atoms with Gasteiger partial charge in [-0.3, -0.25) is 0 Å². The minimum Gasteiger partial charge on any atom is -0.497 e. The first-order valence-electron chi connectivity index (χ1n) is 7.62. The SMILES string of the molecule is CCN(CC)C(=O)N1CCN(c2cccc(OC)c2)CC1. The van der Waals surface area contributed by atoms with Gasteiger partial charge in [0.1, 0.15) is 5.75 Å². The fourth-order valence-electron chi connectivity index (χ4n) is 2.66. The van der Waals surface area contributed by atoms with Crippen molar-refractivity contribution < 1.29 is 9.53 Å². The summed E-state index contributed by atoms with van der Waals surface area (Å²) in [4.78, 5) is 18.4. The molecule has 2 amide bonds. The van der Waals surface area contributed by atoms with Crippen molar-refractivity contribution in [1.29, 1.82) is 0 Å². The van der Waals surface area contributed by atoms with E-state index in [1.54, 1.807) is 7.11 Å². The lowest BCUT2D eigenvalue weighted by Gasteiger charge is -2.38. The number of carbonyl (C=O) groups is 1. The molecule has 0 N–H and O–H groups in total. The monoisotopic (exact) mass is 291 g/mol. The van der Waals surface area contributed by atoms with E-state index in [0.29, 0.717) is 0 Å². The van der Waals surface area contributed by atoms with Crippen molar-refractivity contribution in [2.75, 3.05) is 51.3 Å². The molecule has 1 aliphatic heterocycles. The molecule has 5 nitrogen and oxygen atoms in total. The van der Waals surface area contributed by atoms with Crippen molar-refractivity contribution in [3.05, 3.63) is 24.3 Å². The summed E-state index contributed by atoms with van der Waals surface area (Å²) in [6, 6.07) is 8.24. The van der Waals surface area contributed by atoms with E-state index in [-0.39, 0.29) is 6.03 Å². The Morgan fingerprint density at radius 1 is 1.19 bits per heavy atom. The Morgan fingerprint density at radius 3 is 2.43 bits per heavy atom. The van der Waals surface area contributed by atoms with Crippen molar-refractivity contribution in [3.63, 3.8) is 0 Å². The van der Waals surface area contributed by atoms with E-state index in [2.05, 4.69) is 11.0 Å². The fraction of sp³-hybridized carbons (Fsp3) is 0.562. The van der Waals surface area contributed by atoms with Gasteiger partial charge in [0.2, 0.25) is 0 Å². The van der Waals surface area contributed by atoms with Gasteiger partial charge in [0.15, 0.2) is 0 Å². The van der Waals surface area contributed by atoms with E-state index in [4.69, 9.17) is 4.74 Å². The van der Waals surface area contributed by atoms with Crippen molar-refractivity contribution in [2.45, 2.75) is 13.8 Å². The number of benzene rings is 1. The summed E-state index contributed by atoms with van der Waals surface area (Å²) in [5.74, 6) is 0.870. The maximum atomic E-state index is 12.3. The average molecular weight is 291 g/mol.